The maximum absolute atomic E-state index is 12.1. The molecular weight excluding hydrogens is 382 g/mol. The van der Waals surface area contributed by atoms with E-state index in [-0.39, 0.29) is 24.9 Å². The largest absolute Gasteiger partial charge is 0.494 e. The Balaban J connectivity index is 1.41. The summed E-state index contributed by atoms with van der Waals surface area (Å²) in [5.74, 6) is 0.783. The van der Waals surface area contributed by atoms with Gasteiger partial charge in [-0.15, -0.1) is 11.3 Å². The van der Waals surface area contributed by atoms with Crippen LogP contribution >= 0.6 is 11.3 Å². The number of carbonyl (C=O) groups excluding carboxylic acids is 2. The highest BCUT2D eigenvalue weighted by Crippen LogP contribution is 2.23. The smallest absolute Gasteiger partial charge is 0.348 e. The molecule has 0 aliphatic carbocycles. The van der Waals surface area contributed by atoms with Gasteiger partial charge in [0.25, 0.3) is 5.91 Å². The Kier molecular flexibility index (Phi) is 6.69. The molecule has 1 aromatic carbocycles. The molecule has 146 valence electrons. The first-order valence-electron chi connectivity index (χ1n) is 8.63. The molecule has 0 unspecified atom stereocenters. The Hall–Kier alpha value is -3.26. The van der Waals surface area contributed by atoms with Crippen molar-refractivity contribution < 1.29 is 28.2 Å². The maximum atomic E-state index is 12.1. The zero-order chi connectivity index (χ0) is 19.8. The number of carbonyl (C=O) groups is 2. The van der Waals surface area contributed by atoms with E-state index in [0.29, 0.717) is 22.2 Å². The van der Waals surface area contributed by atoms with Crippen LogP contribution in [0, 0.1) is 0 Å². The van der Waals surface area contributed by atoms with Crippen LogP contribution < -0.4 is 14.8 Å². The van der Waals surface area contributed by atoms with Crippen LogP contribution in [-0.4, -0.2) is 31.7 Å². The molecule has 0 bridgehead atoms. The Morgan fingerprint density at radius 2 is 1.75 bits per heavy atom. The number of benzene rings is 1. The Morgan fingerprint density at radius 1 is 1.00 bits per heavy atom. The van der Waals surface area contributed by atoms with Gasteiger partial charge in [-0.05, 0) is 55.5 Å². The van der Waals surface area contributed by atoms with Crippen LogP contribution in [0.15, 0.2) is 59.2 Å². The molecule has 28 heavy (non-hydrogen) atoms. The monoisotopic (exact) mass is 401 g/mol. The van der Waals surface area contributed by atoms with Gasteiger partial charge in [-0.1, -0.05) is 0 Å². The minimum atomic E-state index is -0.473. The van der Waals surface area contributed by atoms with Gasteiger partial charge in [-0.2, -0.15) is 0 Å². The van der Waals surface area contributed by atoms with Crippen LogP contribution in [0.3, 0.4) is 0 Å². The zero-order valence-corrected chi connectivity index (χ0v) is 16.0. The van der Waals surface area contributed by atoms with Crippen molar-refractivity contribution in [2.75, 3.05) is 25.1 Å². The third-order valence-corrected chi connectivity index (χ3v) is 4.49. The fourth-order valence-corrected chi connectivity index (χ4v) is 3.05. The second-order valence-corrected chi connectivity index (χ2v) is 6.57. The van der Waals surface area contributed by atoms with Crippen LogP contribution in [0.5, 0.6) is 11.5 Å². The van der Waals surface area contributed by atoms with Gasteiger partial charge < -0.3 is 23.9 Å². The first kappa shape index (κ1) is 19.5. The number of hydrogen-bond donors (Lipinski definition) is 1. The fourth-order valence-electron chi connectivity index (χ4n) is 2.26. The molecule has 2 heterocycles. The predicted molar refractivity (Wildman–Crippen MR) is 104 cm³/mol. The average molecular weight is 401 g/mol. The van der Waals surface area contributed by atoms with Gasteiger partial charge in [0.05, 0.1) is 17.9 Å². The molecule has 7 nitrogen and oxygen atoms in total. The summed E-state index contributed by atoms with van der Waals surface area (Å²) >= 11 is 1.12. The lowest BCUT2D eigenvalue weighted by atomic mass is 10.3. The van der Waals surface area contributed by atoms with E-state index in [0.717, 1.165) is 17.1 Å². The maximum Gasteiger partial charge on any atom is 0.348 e. The van der Waals surface area contributed by atoms with E-state index in [1.807, 2.05) is 19.1 Å². The normalized spacial score (nSPS) is 10.3. The van der Waals surface area contributed by atoms with E-state index in [2.05, 4.69) is 5.32 Å². The first-order valence-corrected chi connectivity index (χ1v) is 9.45. The molecule has 0 atom stereocenters. The molecule has 1 N–H and O–H groups in total. The first-order chi connectivity index (χ1) is 13.7. The molecule has 0 aliphatic heterocycles. The molecule has 2 aromatic heterocycles. The van der Waals surface area contributed by atoms with Crippen molar-refractivity contribution in [3.05, 3.63) is 65.4 Å². The minimum Gasteiger partial charge on any atom is -0.494 e. The lowest BCUT2D eigenvalue weighted by Gasteiger charge is -2.08. The van der Waals surface area contributed by atoms with E-state index >= 15 is 0 Å². The summed E-state index contributed by atoms with van der Waals surface area (Å²) in [4.78, 5) is 24.4. The van der Waals surface area contributed by atoms with Gasteiger partial charge >= 0.3 is 5.97 Å². The lowest BCUT2D eigenvalue weighted by Crippen LogP contribution is -2.11. The second-order valence-electron chi connectivity index (χ2n) is 5.48. The minimum absolute atomic E-state index is 0.109. The zero-order valence-electron chi connectivity index (χ0n) is 15.2. The van der Waals surface area contributed by atoms with Gasteiger partial charge in [0.2, 0.25) is 0 Å². The van der Waals surface area contributed by atoms with Crippen molar-refractivity contribution in [1.29, 1.82) is 0 Å². The summed E-state index contributed by atoms with van der Waals surface area (Å²) in [6.07, 6.45) is 1.42. The summed E-state index contributed by atoms with van der Waals surface area (Å²) in [5, 5.41) is 3.19. The average Bonchev–Trinajstić information content (AvgIpc) is 3.39. The van der Waals surface area contributed by atoms with Crippen LogP contribution in [-0.2, 0) is 4.74 Å². The topological polar surface area (TPSA) is 87.0 Å². The van der Waals surface area contributed by atoms with Gasteiger partial charge in [0.1, 0.15) is 29.6 Å². The summed E-state index contributed by atoms with van der Waals surface area (Å²) in [6, 6.07) is 13.6. The molecule has 3 aromatic rings. The van der Waals surface area contributed by atoms with Crippen molar-refractivity contribution in [3.63, 3.8) is 0 Å². The van der Waals surface area contributed by atoms with Gasteiger partial charge in [-0.25, -0.2) is 4.79 Å². The molecule has 1 amide bonds. The quantitative estimate of drug-likeness (QED) is 0.427. The number of hydrogen-bond acceptors (Lipinski definition) is 7. The number of rotatable bonds is 9. The van der Waals surface area contributed by atoms with Crippen molar-refractivity contribution in [2.24, 2.45) is 0 Å². The summed E-state index contributed by atoms with van der Waals surface area (Å²) < 4.78 is 21.1. The van der Waals surface area contributed by atoms with E-state index in [1.54, 1.807) is 36.4 Å². The Bertz CT molecular complexity index is 901. The number of thiophene rings is 1. The number of anilines is 1. The number of ether oxygens (including phenoxy) is 3. The molecule has 3 rings (SSSR count). The Labute approximate surface area is 165 Å². The van der Waals surface area contributed by atoms with E-state index in [9.17, 15) is 9.59 Å². The van der Waals surface area contributed by atoms with Crippen molar-refractivity contribution in [1.82, 2.24) is 0 Å². The number of furan rings is 1. The molecule has 0 fully saturated rings. The molecule has 0 saturated heterocycles. The molecular formula is C20H19NO6S. The molecule has 8 heteroatoms. The van der Waals surface area contributed by atoms with Crippen LogP contribution in [0.1, 0.15) is 27.2 Å². The van der Waals surface area contributed by atoms with Crippen molar-refractivity contribution in [3.8, 4) is 11.5 Å². The number of nitrogens with one attached hydrogen (secondary N) is 1. The fraction of sp³-hybridized carbons (Fsp3) is 0.200. The predicted octanol–water partition coefficient (Wildman–Crippen LogP) is 4.23. The molecule has 0 radical (unpaired) electrons. The highest BCUT2D eigenvalue weighted by molar-refractivity contribution is 7.18. The van der Waals surface area contributed by atoms with Crippen molar-refractivity contribution in [2.45, 2.75) is 6.92 Å². The second kappa shape index (κ2) is 9.61. The highest BCUT2D eigenvalue weighted by atomic mass is 32.1. The highest BCUT2D eigenvalue weighted by Gasteiger charge is 2.14. The lowest BCUT2D eigenvalue weighted by molar-refractivity contribution is 0.0456. The van der Waals surface area contributed by atoms with Gasteiger partial charge in [-0.3, -0.25) is 4.79 Å². The van der Waals surface area contributed by atoms with E-state index in [4.69, 9.17) is 18.6 Å². The summed E-state index contributed by atoms with van der Waals surface area (Å²) in [7, 11) is 0. The number of amides is 1. The third kappa shape index (κ3) is 5.37. The molecule has 0 aliphatic rings. The Morgan fingerprint density at radius 3 is 2.43 bits per heavy atom. The van der Waals surface area contributed by atoms with Crippen LogP contribution in [0.25, 0.3) is 0 Å². The molecule has 0 spiro atoms. The van der Waals surface area contributed by atoms with E-state index in [1.165, 1.54) is 6.26 Å². The van der Waals surface area contributed by atoms with Gasteiger partial charge in [0, 0.05) is 0 Å². The standard InChI is InChI=1S/C20H19NO6S/c1-2-24-14-5-7-15(8-6-14)25-12-13-27-20(23)17-9-10-18(28-17)21-19(22)16-4-3-11-26-16/h3-11H,2,12-13H2,1H3,(H,21,22). The SMILES string of the molecule is CCOc1ccc(OCCOC(=O)c2ccc(NC(=O)c3ccco3)s2)cc1. The number of esters is 1. The summed E-state index contributed by atoms with van der Waals surface area (Å²) in [5.41, 5.74) is 0. The van der Waals surface area contributed by atoms with Gasteiger partial charge in [0.15, 0.2) is 5.76 Å². The van der Waals surface area contributed by atoms with E-state index < -0.39 is 5.97 Å². The van der Waals surface area contributed by atoms with Crippen LogP contribution in [0.4, 0.5) is 5.00 Å². The molecule has 0 saturated carbocycles. The van der Waals surface area contributed by atoms with Crippen molar-refractivity contribution >= 4 is 28.2 Å². The summed E-state index contributed by atoms with van der Waals surface area (Å²) in [6.45, 7) is 2.86. The van der Waals surface area contributed by atoms with Crippen LogP contribution in [0.2, 0.25) is 0 Å². The third-order valence-electron chi connectivity index (χ3n) is 3.51.